The zero-order valence-corrected chi connectivity index (χ0v) is 18.7. The number of rotatable bonds is 15. The van der Waals surface area contributed by atoms with Gasteiger partial charge in [0, 0.05) is 6.42 Å². The average molecular weight is 409 g/mol. The molecule has 0 bridgehead atoms. The van der Waals surface area contributed by atoms with Crippen molar-refractivity contribution < 1.29 is 19.7 Å². The van der Waals surface area contributed by atoms with Crippen molar-refractivity contribution in [2.45, 2.75) is 109 Å². The molecule has 0 amide bonds. The third kappa shape index (κ3) is 12.2. The molecule has 29 heavy (non-hydrogen) atoms. The number of hydrogen-bond donors (Lipinski definition) is 2. The van der Waals surface area contributed by atoms with E-state index in [4.69, 9.17) is 0 Å². The number of carbonyl (C=O) groups is 1. The van der Waals surface area contributed by atoms with Crippen LogP contribution in [0.15, 0.2) is 24.3 Å². The van der Waals surface area contributed by atoms with Crippen LogP contribution >= 0.6 is 0 Å². The number of esters is 1. The summed E-state index contributed by atoms with van der Waals surface area (Å²) in [6.45, 7) is 2.23. The van der Waals surface area contributed by atoms with E-state index in [0.29, 0.717) is 25.2 Å². The van der Waals surface area contributed by atoms with Crippen molar-refractivity contribution in [3.05, 3.63) is 24.3 Å². The minimum atomic E-state index is -0.364. The van der Waals surface area contributed by atoms with Gasteiger partial charge in [0.15, 0.2) is 0 Å². The highest BCUT2D eigenvalue weighted by atomic mass is 16.5. The first kappa shape index (κ1) is 25.9. The molecule has 0 spiro atoms. The molecule has 2 N–H and O–H groups in total. The molecule has 4 nitrogen and oxygen atoms in total. The lowest BCUT2D eigenvalue weighted by Crippen LogP contribution is -2.30. The van der Waals surface area contributed by atoms with E-state index in [2.05, 4.69) is 17.7 Å². The number of aliphatic hydroxyl groups is 2. The van der Waals surface area contributed by atoms with Crippen LogP contribution in [-0.2, 0) is 9.53 Å². The second-order valence-electron chi connectivity index (χ2n) is 8.54. The highest BCUT2D eigenvalue weighted by Crippen LogP contribution is 2.35. The van der Waals surface area contributed by atoms with Crippen molar-refractivity contribution in [3.63, 3.8) is 0 Å². The first-order chi connectivity index (χ1) is 14.1. The van der Waals surface area contributed by atoms with Gasteiger partial charge >= 0.3 is 5.97 Å². The van der Waals surface area contributed by atoms with E-state index in [0.717, 1.165) is 32.1 Å². The molecule has 4 heteroatoms. The fourth-order valence-electron chi connectivity index (χ4n) is 4.31. The lowest BCUT2D eigenvalue weighted by atomic mass is 9.75. The van der Waals surface area contributed by atoms with Crippen LogP contribution in [0.25, 0.3) is 0 Å². The maximum atomic E-state index is 11.2. The molecule has 168 valence electrons. The lowest BCUT2D eigenvalue weighted by molar-refractivity contribution is -0.140. The third-order valence-corrected chi connectivity index (χ3v) is 6.13. The Balaban J connectivity index is 2.33. The summed E-state index contributed by atoms with van der Waals surface area (Å²) in [7, 11) is 1.40. The van der Waals surface area contributed by atoms with E-state index in [1.807, 2.05) is 18.2 Å². The fraction of sp³-hybridized carbons (Fsp3) is 0.800. The van der Waals surface area contributed by atoms with Crippen molar-refractivity contribution in [2.24, 2.45) is 11.8 Å². The normalized spacial score (nSPS) is 22.2. The standard InChI is InChI=1S/C25H44O4/c1-3-4-5-6-7-8-16-22(26)17-11-9-14-21-15-10-12-18-23(21)24(27)19-13-20-25(28)29-2/h9,11,14,17,21-24,26-27H,3-8,10,12-13,15-16,18-20H2,1-2H3/t21-,22?,23+,24?/m0/s1. The molecule has 0 aromatic rings. The molecule has 4 atom stereocenters. The number of carbonyl (C=O) groups excluding carboxylic acids is 1. The molecular weight excluding hydrogens is 364 g/mol. The van der Waals surface area contributed by atoms with E-state index in [1.54, 1.807) is 0 Å². The summed E-state index contributed by atoms with van der Waals surface area (Å²) in [4.78, 5) is 11.2. The quantitative estimate of drug-likeness (QED) is 0.207. The van der Waals surface area contributed by atoms with Crippen molar-refractivity contribution in [2.75, 3.05) is 7.11 Å². The Hall–Kier alpha value is -1.13. The van der Waals surface area contributed by atoms with Crippen LogP contribution in [-0.4, -0.2) is 35.5 Å². The number of ether oxygens (including phenoxy) is 1. The molecule has 1 rings (SSSR count). The molecule has 0 aromatic carbocycles. The fourth-order valence-corrected chi connectivity index (χ4v) is 4.31. The van der Waals surface area contributed by atoms with Gasteiger partial charge in [0.2, 0.25) is 0 Å². The summed E-state index contributed by atoms with van der Waals surface area (Å²) in [5.41, 5.74) is 0. The maximum Gasteiger partial charge on any atom is 0.305 e. The minimum absolute atomic E-state index is 0.207. The summed E-state index contributed by atoms with van der Waals surface area (Å²) < 4.78 is 4.67. The first-order valence-electron chi connectivity index (χ1n) is 11.9. The Morgan fingerprint density at radius 3 is 2.48 bits per heavy atom. The van der Waals surface area contributed by atoms with Crippen molar-refractivity contribution in [3.8, 4) is 0 Å². The number of aliphatic hydroxyl groups excluding tert-OH is 2. The summed E-state index contributed by atoms with van der Waals surface area (Å²) >= 11 is 0. The summed E-state index contributed by atoms with van der Waals surface area (Å²) in [5.74, 6) is 0.429. The summed E-state index contributed by atoms with van der Waals surface area (Å²) in [6.07, 6.45) is 21.8. The molecule has 0 aliphatic heterocycles. The second-order valence-corrected chi connectivity index (χ2v) is 8.54. The molecule has 0 aromatic heterocycles. The molecule has 0 saturated heterocycles. The van der Waals surface area contributed by atoms with Crippen LogP contribution in [0.5, 0.6) is 0 Å². The number of unbranched alkanes of at least 4 members (excludes halogenated alkanes) is 5. The van der Waals surface area contributed by atoms with Gasteiger partial charge in [-0.15, -0.1) is 0 Å². The van der Waals surface area contributed by atoms with Crippen LogP contribution in [0.1, 0.15) is 96.8 Å². The zero-order valence-electron chi connectivity index (χ0n) is 18.7. The Kier molecular flexibility index (Phi) is 14.9. The smallest absolute Gasteiger partial charge is 0.305 e. The van der Waals surface area contributed by atoms with Crippen molar-refractivity contribution in [1.29, 1.82) is 0 Å². The molecule has 0 heterocycles. The Morgan fingerprint density at radius 2 is 1.72 bits per heavy atom. The summed E-state index contributed by atoms with van der Waals surface area (Å²) in [5, 5.41) is 20.7. The Labute approximate surface area is 178 Å². The van der Waals surface area contributed by atoms with E-state index in [1.165, 1.54) is 45.6 Å². The van der Waals surface area contributed by atoms with E-state index in [-0.39, 0.29) is 24.1 Å². The molecule has 2 unspecified atom stereocenters. The zero-order chi connectivity index (χ0) is 21.3. The highest BCUT2D eigenvalue weighted by molar-refractivity contribution is 5.68. The van der Waals surface area contributed by atoms with Crippen molar-refractivity contribution >= 4 is 5.97 Å². The molecule has 0 radical (unpaired) electrons. The van der Waals surface area contributed by atoms with Crippen molar-refractivity contribution in [1.82, 2.24) is 0 Å². The summed E-state index contributed by atoms with van der Waals surface area (Å²) in [6, 6.07) is 0. The lowest BCUT2D eigenvalue weighted by Gasteiger charge is -2.33. The van der Waals surface area contributed by atoms with Gasteiger partial charge in [0.25, 0.3) is 0 Å². The molecule has 1 saturated carbocycles. The minimum Gasteiger partial charge on any atom is -0.469 e. The predicted octanol–water partition coefficient (Wildman–Crippen LogP) is 5.72. The molecular formula is C25H44O4. The Bertz CT molecular complexity index is 471. The third-order valence-electron chi connectivity index (χ3n) is 6.13. The maximum absolute atomic E-state index is 11.2. The van der Waals surface area contributed by atoms with Gasteiger partial charge in [0.1, 0.15) is 0 Å². The van der Waals surface area contributed by atoms with Crippen LogP contribution in [0.4, 0.5) is 0 Å². The van der Waals surface area contributed by atoms with Gasteiger partial charge in [-0.25, -0.2) is 0 Å². The van der Waals surface area contributed by atoms with Crippen LogP contribution in [0.3, 0.4) is 0 Å². The predicted molar refractivity (Wildman–Crippen MR) is 120 cm³/mol. The number of methoxy groups -OCH3 is 1. The van der Waals surface area contributed by atoms with Gasteiger partial charge in [-0.3, -0.25) is 4.79 Å². The van der Waals surface area contributed by atoms with Gasteiger partial charge in [0.05, 0.1) is 19.3 Å². The topological polar surface area (TPSA) is 66.8 Å². The SMILES string of the molecule is CCCCCCCCC(O)C=CC=C[C@H]1CCCC[C@H]1C(O)CCCC(=O)OC. The van der Waals surface area contributed by atoms with Gasteiger partial charge < -0.3 is 14.9 Å². The van der Waals surface area contributed by atoms with Crippen LogP contribution in [0.2, 0.25) is 0 Å². The highest BCUT2D eigenvalue weighted by Gasteiger charge is 2.28. The van der Waals surface area contributed by atoms with Gasteiger partial charge in [-0.1, -0.05) is 82.6 Å². The first-order valence-corrected chi connectivity index (χ1v) is 11.9. The number of hydrogen-bond acceptors (Lipinski definition) is 4. The molecule has 1 aliphatic rings. The van der Waals surface area contributed by atoms with Crippen LogP contribution in [0, 0.1) is 11.8 Å². The Morgan fingerprint density at radius 1 is 1.00 bits per heavy atom. The van der Waals surface area contributed by atoms with E-state index < -0.39 is 0 Å². The van der Waals surface area contributed by atoms with Gasteiger partial charge in [-0.05, 0) is 43.9 Å². The number of allylic oxidation sites excluding steroid dienone is 3. The average Bonchev–Trinajstić information content (AvgIpc) is 2.73. The van der Waals surface area contributed by atoms with Crippen LogP contribution < -0.4 is 0 Å². The molecule has 1 fully saturated rings. The second kappa shape index (κ2) is 16.6. The molecule has 1 aliphatic carbocycles. The largest absolute Gasteiger partial charge is 0.469 e. The van der Waals surface area contributed by atoms with E-state index >= 15 is 0 Å². The van der Waals surface area contributed by atoms with E-state index in [9.17, 15) is 15.0 Å². The monoisotopic (exact) mass is 408 g/mol. The van der Waals surface area contributed by atoms with Gasteiger partial charge in [-0.2, -0.15) is 0 Å².